The lowest BCUT2D eigenvalue weighted by Crippen LogP contribution is -2.14. The molecule has 2 nitrogen and oxygen atoms in total. The molecule has 1 unspecified atom stereocenters. The van der Waals surface area contributed by atoms with E-state index in [4.69, 9.17) is 5.26 Å². The number of rotatable bonds is 1. The normalized spacial score (nSPS) is 21.4. The first kappa shape index (κ1) is 11.9. The Morgan fingerprint density at radius 2 is 1.76 bits per heavy atom. The Bertz CT molecular complexity index is 427. The van der Waals surface area contributed by atoms with Crippen LogP contribution in [0.2, 0.25) is 0 Å². The van der Waals surface area contributed by atoms with Crippen LogP contribution in [0.5, 0.6) is 0 Å². The van der Waals surface area contributed by atoms with Crippen LogP contribution in [0.1, 0.15) is 55.6 Å². The minimum absolute atomic E-state index is 0.0584. The third-order valence-corrected chi connectivity index (χ3v) is 3.50. The number of nitrogens with zero attached hydrogens (tertiary/aromatic N) is 1. The molecule has 2 heteroatoms. The van der Waals surface area contributed by atoms with Gasteiger partial charge in [-0.05, 0) is 30.5 Å². The Morgan fingerprint density at radius 3 is 2.47 bits per heavy atom. The van der Waals surface area contributed by atoms with Crippen molar-refractivity contribution >= 4 is 5.78 Å². The Morgan fingerprint density at radius 1 is 1.06 bits per heavy atom. The van der Waals surface area contributed by atoms with Gasteiger partial charge >= 0.3 is 0 Å². The first-order valence-corrected chi connectivity index (χ1v) is 6.34. The van der Waals surface area contributed by atoms with E-state index < -0.39 is 0 Å². The minimum Gasteiger partial charge on any atom is -0.299 e. The molecule has 1 aromatic rings. The Labute approximate surface area is 102 Å². The number of benzene rings is 1. The van der Waals surface area contributed by atoms with Crippen LogP contribution in [0, 0.1) is 11.3 Å². The van der Waals surface area contributed by atoms with Crippen molar-refractivity contribution in [2.75, 3.05) is 0 Å². The summed E-state index contributed by atoms with van der Waals surface area (Å²) < 4.78 is 0. The first-order valence-electron chi connectivity index (χ1n) is 6.34. The second-order valence-electron chi connectivity index (χ2n) is 4.71. The van der Waals surface area contributed by atoms with Crippen molar-refractivity contribution in [2.24, 2.45) is 0 Å². The van der Waals surface area contributed by atoms with Crippen molar-refractivity contribution in [1.29, 1.82) is 5.26 Å². The van der Waals surface area contributed by atoms with Crippen molar-refractivity contribution in [3.05, 3.63) is 35.4 Å². The summed E-state index contributed by atoms with van der Waals surface area (Å²) in [7, 11) is 0. The van der Waals surface area contributed by atoms with Crippen molar-refractivity contribution in [2.45, 2.75) is 44.4 Å². The van der Waals surface area contributed by atoms with Gasteiger partial charge in [-0.15, -0.1) is 0 Å². The minimum atomic E-state index is 0.0584. The lowest BCUT2D eigenvalue weighted by Gasteiger charge is -2.18. The lowest BCUT2D eigenvalue weighted by atomic mass is 9.85. The highest BCUT2D eigenvalue weighted by molar-refractivity contribution is 5.85. The fourth-order valence-electron chi connectivity index (χ4n) is 2.48. The third-order valence-electron chi connectivity index (χ3n) is 3.50. The van der Waals surface area contributed by atoms with E-state index in [1.807, 2.05) is 12.1 Å². The molecule has 0 aromatic heterocycles. The molecule has 0 heterocycles. The highest BCUT2D eigenvalue weighted by atomic mass is 16.1. The highest BCUT2D eigenvalue weighted by Crippen LogP contribution is 2.28. The summed E-state index contributed by atoms with van der Waals surface area (Å²) in [5.74, 6) is 0.428. The summed E-state index contributed by atoms with van der Waals surface area (Å²) in [5, 5.41) is 8.76. The molecule has 0 bridgehead atoms. The molecule has 1 aliphatic rings. The molecule has 1 fully saturated rings. The van der Waals surface area contributed by atoms with Crippen LogP contribution in [0.4, 0.5) is 0 Å². The second-order valence-corrected chi connectivity index (χ2v) is 4.71. The summed E-state index contributed by atoms with van der Waals surface area (Å²) in [6.07, 6.45) is 6.27. The first-order chi connectivity index (χ1) is 8.31. The molecule has 0 radical (unpaired) electrons. The van der Waals surface area contributed by atoms with E-state index >= 15 is 0 Å². The maximum absolute atomic E-state index is 12.1. The van der Waals surface area contributed by atoms with Crippen LogP contribution in [0.3, 0.4) is 0 Å². The standard InChI is InChI=1S/C15H17NO/c16-11-12-7-9-13(10-8-12)14-5-3-1-2-4-6-15(14)17/h7-10,14H,1-6H2. The van der Waals surface area contributed by atoms with E-state index in [0.29, 0.717) is 17.8 Å². The maximum atomic E-state index is 12.1. The number of hydrogen-bond donors (Lipinski definition) is 0. The molecular weight excluding hydrogens is 210 g/mol. The molecule has 0 amide bonds. The third kappa shape index (κ3) is 2.94. The van der Waals surface area contributed by atoms with E-state index in [1.165, 1.54) is 12.8 Å². The fourth-order valence-corrected chi connectivity index (χ4v) is 2.48. The number of carbonyl (C=O) groups is 1. The predicted molar refractivity (Wildman–Crippen MR) is 66.6 cm³/mol. The molecule has 1 aliphatic carbocycles. The average Bonchev–Trinajstić information content (AvgIpc) is 2.35. The van der Waals surface area contributed by atoms with Gasteiger partial charge in [0.25, 0.3) is 0 Å². The summed E-state index contributed by atoms with van der Waals surface area (Å²) >= 11 is 0. The van der Waals surface area contributed by atoms with E-state index in [9.17, 15) is 4.79 Å². The summed E-state index contributed by atoms with van der Waals surface area (Å²) in [6, 6.07) is 9.59. The van der Waals surface area contributed by atoms with Crippen molar-refractivity contribution < 1.29 is 4.79 Å². The van der Waals surface area contributed by atoms with Gasteiger partial charge in [0, 0.05) is 12.3 Å². The van der Waals surface area contributed by atoms with E-state index in [1.54, 1.807) is 12.1 Å². The van der Waals surface area contributed by atoms with Crippen LogP contribution in [-0.4, -0.2) is 5.78 Å². The predicted octanol–water partition coefficient (Wildman–Crippen LogP) is 3.57. The zero-order chi connectivity index (χ0) is 12.1. The van der Waals surface area contributed by atoms with E-state index in [-0.39, 0.29) is 5.92 Å². The molecule has 0 aliphatic heterocycles. The molecule has 1 saturated carbocycles. The van der Waals surface area contributed by atoms with Crippen molar-refractivity contribution in [1.82, 2.24) is 0 Å². The molecule has 0 spiro atoms. The lowest BCUT2D eigenvalue weighted by molar-refractivity contribution is -0.121. The SMILES string of the molecule is N#Cc1ccc(C2CCCCCCC2=O)cc1. The van der Waals surface area contributed by atoms with Gasteiger partial charge < -0.3 is 0 Å². The van der Waals surface area contributed by atoms with Crippen molar-refractivity contribution in [3.63, 3.8) is 0 Å². The molecule has 0 N–H and O–H groups in total. The Hall–Kier alpha value is -1.62. The molecule has 2 rings (SSSR count). The van der Waals surface area contributed by atoms with Crippen LogP contribution in [-0.2, 0) is 4.79 Å². The van der Waals surface area contributed by atoms with Gasteiger partial charge in [-0.25, -0.2) is 0 Å². The van der Waals surface area contributed by atoms with E-state index in [2.05, 4.69) is 6.07 Å². The molecular formula is C15H17NO. The number of hydrogen-bond acceptors (Lipinski definition) is 2. The maximum Gasteiger partial charge on any atom is 0.140 e. The van der Waals surface area contributed by atoms with Gasteiger partial charge in [0.2, 0.25) is 0 Å². The topological polar surface area (TPSA) is 40.9 Å². The highest BCUT2D eigenvalue weighted by Gasteiger charge is 2.21. The van der Waals surface area contributed by atoms with Crippen LogP contribution in [0.25, 0.3) is 0 Å². The van der Waals surface area contributed by atoms with Crippen LogP contribution in [0.15, 0.2) is 24.3 Å². The number of Topliss-reactive ketones (excluding diaryl/α,β-unsaturated/α-hetero) is 1. The van der Waals surface area contributed by atoms with Gasteiger partial charge in [0.05, 0.1) is 11.6 Å². The molecule has 1 aromatic carbocycles. The fraction of sp³-hybridized carbons (Fsp3) is 0.467. The van der Waals surface area contributed by atoms with Crippen LogP contribution < -0.4 is 0 Å². The molecule has 17 heavy (non-hydrogen) atoms. The number of ketones is 1. The smallest absolute Gasteiger partial charge is 0.140 e. The Balaban J connectivity index is 2.17. The largest absolute Gasteiger partial charge is 0.299 e. The molecule has 1 atom stereocenters. The molecule has 88 valence electrons. The van der Waals surface area contributed by atoms with Gasteiger partial charge in [-0.2, -0.15) is 5.26 Å². The van der Waals surface area contributed by atoms with Gasteiger partial charge in [-0.1, -0.05) is 31.4 Å². The zero-order valence-corrected chi connectivity index (χ0v) is 9.98. The van der Waals surface area contributed by atoms with E-state index in [0.717, 1.165) is 24.8 Å². The van der Waals surface area contributed by atoms with Gasteiger partial charge in [-0.3, -0.25) is 4.79 Å². The zero-order valence-electron chi connectivity index (χ0n) is 9.98. The second kappa shape index (κ2) is 5.63. The quantitative estimate of drug-likeness (QED) is 0.736. The Kier molecular flexibility index (Phi) is 3.93. The monoisotopic (exact) mass is 227 g/mol. The summed E-state index contributed by atoms with van der Waals surface area (Å²) in [4.78, 5) is 12.1. The summed E-state index contributed by atoms with van der Waals surface area (Å²) in [5.41, 5.74) is 1.74. The number of carbonyl (C=O) groups excluding carboxylic acids is 1. The summed E-state index contributed by atoms with van der Waals surface area (Å²) in [6.45, 7) is 0. The average molecular weight is 227 g/mol. The van der Waals surface area contributed by atoms with Crippen molar-refractivity contribution in [3.8, 4) is 6.07 Å². The van der Waals surface area contributed by atoms with Gasteiger partial charge in [0.1, 0.15) is 5.78 Å². The molecule has 0 saturated heterocycles. The van der Waals surface area contributed by atoms with Gasteiger partial charge in [0.15, 0.2) is 0 Å². The number of nitriles is 1. The van der Waals surface area contributed by atoms with Crippen LogP contribution >= 0.6 is 0 Å².